The molecule has 0 unspecified atom stereocenters. The number of aromatic carboxylic acids is 1. The Morgan fingerprint density at radius 1 is 1.04 bits per heavy atom. The molecule has 1 aliphatic heterocycles. The molecule has 0 aromatic heterocycles. The van der Waals surface area contributed by atoms with Crippen molar-refractivity contribution in [2.24, 2.45) is 0 Å². The average molecular weight is 363 g/mol. The van der Waals surface area contributed by atoms with Gasteiger partial charge in [-0.3, -0.25) is 4.79 Å². The maximum Gasteiger partial charge on any atom is 0.335 e. The third kappa shape index (κ3) is 4.52. The molecule has 27 heavy (non-hydrogen) atoms. The Kier molecular flexibility index (Phi) is 5.84. The van der Waals surface area contributed by atoms with Crippen molar-refractivity contribution in [3.05, 3.63) is 70.8 Å². The number of nitrogens with one attached hydrogen (secondary N) is 1. The van der Waals surface area contributed by atoms with Crippen molar-refractivity contribution in [2.45, 2.75) is 25.4 Å². The molecule has 1 amide bonds. The Balaban J connectivity index is 1.84. The van der Waals surface area contributed by atoms with E-state index in [1.54, 1.807) is 24.3 Å². The molecule has 0 atom stereocenters. The van der Waals surface area contributed by atoms with E-state index in [-0.39, 0.29) is 17.5 Å². The third-order valence-corrected chi connectivity index (χ3v) is 4.83. The Morgan fingerprint density at radius 2 is 1.63 bits per heavy atom. The van der Waals surface area contributed by atoms with E-state index < -0.39 is 5.97 Å². The topological polar surface area (TPSA) is 93.4 Å². The molecule has 0 saturated carbocycles. The predicted molar refractivity (Wildman–Crippen MR) is 100 cm³/mol. The first kappa shape index (κ1) is 18.6. The van der Waals surface area contributed by atoms with Crippen molar-refractivity contribution in [1.29, 1.82) is 5.26 Å². The molecule has 138 valence electrons. The van der Waals surface area contributed by atoms with E-state index in [4.69, 9.17) is 10.4 Å². The zero-order valence-electron chi connectivity index (χ0n) is 14.9. The molecule has 0 bridgehead atoms. The van der Waals surface area contributed by atoms with Crippen LogP contribution in [0.25, 0.3) is 0 Å². The fourth-order valence-corrected chi connectivity index (χ4v) is 3.29. The van der Waals surface area contributed by atoms with E-state index in [2.05, 4.69) is 11.4 Å². The number of hydrogen-bond acceptors (Lipinski definition) is 4. The number of hydrogen-bond donors (Lipinski definition) is 2. The summed E-state index contributed by atoms with van der Waals surface area (Å²) in [6, 6.07) is 15.5. The van der Waals surface area contributed by atoms with Crippen molar-refractivity contribution in [1.82, 2.24) is 10.2 Å². The smallest absolute Gasteiger partial charge is 0.335 e. The fourth-order valence-electron chi connectivity index (χ4n) is 3.29. The molecule has 1 aliphatic rings. The summed E-state index contributed by atoms with van der Waals surface area (Å²) >= 11 is 0. The number of nitriles is 1. The average Bonchev–Trinajstić information content (AvgIpc) is 2.72. The highest BCUT2D eigenvalue weighted by atomic mass is 16.4. The molecule has 6 nitrogen and oxygen atoms in total. The van der Waals surface area contributed by atoms with E-state index in [9.17, 15) is 9.59 Å². The summed E-state index contributed by atoms with van der Waals surface area (Å²) in [5.74, 6) is -1.12. The number of rotatable bonds is 5. The number of carboxylic acid groups (broad SMARTS) is 1. The Bertz CT molecular complexity index is 848. The van der Waals surface area contributed by atoms with Crippen molar-refractivity contribution in [3.63, 3.8) is 0 Å². The second-order valence-electron chi connectivity index (χ2n) is 6.61. The van der Waals surface area contributed by atoms with Gasteiger partial charge in [0.1, 0.15) is 0 Å². The number of carboxylic acids is 1. The Labute approximate surface area is 158 Å². The van der Waals surface area contributed by atoms with Crippen LogP contribution < -0.4 is 5.32 Å². The minimum atomic E-state index is -1.01. The van der Waals surface area contributed by atoms with Gasteiger partial charge in [0.25, 0.3) is 5.91 Å². The second-order valence-corrected chi connectivity index (χ2v) is 6.61. The summed E-state index contributed by atoms with van der Waals surface area (Å²) in [6.45, 7) is 2.18. The van der Waals surface area contributed by atoms with Crippen molar-refractivity contribution < 1.29 is 14.7 Å². The van der Waals surface area contributed by atoms with E-state index in [1.165, 1.54) is 12.1 Å². The quantitative estimate of drug-likeness (QED) is 0.852. The zero-order chi connectivity index (χ0) is 19.2. The lowest BCUT2D eigenvalue weighted by Crippen LogP contribution is -2.45. The van der Waals surface area contributed by atoms with Gasteiger partial charge in [-0.2, -0.15) is 5.26 Å². The minimum absolute atomic E-state index is 0.108. The molecular formula is C21H21N3O3. The predicted octanol–water partition coefficient (Wildman–Crippen LogP) is 2.65. The number of benzene rings is 2. The molecule has 2 aromatic carbocycles. The van der Waals surface area contributed by atoms with Crippen LogP contribution in [0.1, 0.15) is 44.7 Å². The normalized spacial score (nSPS) is 14.3. The van der Waals surface area contributed by atoms with Crippen LogP contribution in [-0.2, 0) is 6.54 Å². The van der Waals surface area contributed by atoms with E-state index in [1.807, 2.05) is 17.0 Å². The number of amides is 1. The van der Waals surface area contributed by atoms with Gasteiger partial charge in [-0.05, 0) is 67.9 Å². The summed E-state index contributed by atoms with van der Waals surface area (Å²) in [6.07, 6.45) is 1.74. The Hall–Kier alpha value is -3.17. The van der Waals surface area contributed by atoms with Gasteiger partial charge in [-0.25, -0.2) is 4.79 Å². The minimum Gasteiger partial charge on any atom is -0.478 e. The van der Waals surface area contributed by atoms with Gasteiger partial charge in [0.2, 0.25) is 0 Å². The van der Waals surface area contributed by atoms with Gasteiger partial charge in [-0.1, -0.05) is 12.1 Å². The zero-order valence-corrected chi connectivity index (χ0v) is 14.9. The maximum atomic E-state index is 13.2. The van der Waals surface area contributed by atoms with Crippen molar-refractivity contribution in [2.75, 3.05) is 13.1 Å². The molecule has 1 fully saturated rings. The first-order valence-corrected chi connectivity index (χ1v) is 8.92. The fraction of sp³-hybridized carbons (Fsp3) is 0.286. The molecule has 3 rings (SSSR count). The summed E-state index contributed by atoms with van der Waals surface area (Å²) < 4.78 is 0. The van der Waals surface area contributed by atoms with Crippen molar-refractivity contribution >= 4 is 11.9 Å². The molecule has 1 heterocycles. The standard InChI is InChI=1S/C21H21N3O3/c22-13-15-1-3-16(4-2-15)14-24(19-9-11-23-12-10-19)20(25)17-5-7-18(8-6-17)21(26)27/h1-8,19,23H,9-12,14H2,(H,26,27). The largest absolute Gasteiger partial charge is 0.478 e. The van der Waals surface area contributed by atoms with Crippen LogP contribution in [0.5, 0.6) is 0 Å². The molecule has 0 spiro atoms. The third-order valence-electron chi connectivity index (χ3n) is 4.83. The lowest BCUT2D eigenvalue weighted by molar-refractivity contribution is 0.0621. The molecule has 2 N–H and O–H groups in total. The first-order chi connectivity index (χ1) is 13.1. The van der Waals surface area contributed by atoms with Gasteiger partial charge in [0.05, 0.1) is 17.2 Å². The van der Waals surface area contributed by atoms with Crippen LogP contribution in [0.2, 0.25) is 0 Å². The van der Waals surface area contributed by atoms with Gasteiger partial charge in [-0.15, -0.1) is 0 Å². The van der Waals surface area contributed by atoms with Gasteiger partial charge in [0, 0.05) is 18.2 Å². The van der Waals surface area contributed by atoms with Crippen LogP contribution in [0, 0.1) is 11.3 Å². The monoisotopic (exact) mass is 363 g/mol. The SMILES string of the molecule is N#Cc1ccc(CN(C(=O)c2ccc(C(=O)O)cc2)C2CCNCC2)cc1. The van der Waals surface area contributed by atoms with E-state index >= 15 is 0 Å². The second kappa shape index (κ2) is 8.47. The molecule has 0 radical (unpaired) electrons. The molecule has 0 aliphatic carbocycles. The van der Waals surface area contributed by atoms with Crippen LogP contribution in [0.4, 0.5) is 0 Å². The van der Waals surface area contributed by atoms with Crippen molar-refractivity contribution in [3.8, 4) is 6.07 Å². The van der Waals surface area contributed by atoms with Gasteiger partial charge >= 0.3 is 5.97 Å². The number of piperidine rings is 1. The lowest BCUT2D eigenvalue weighted by atomic mass is 10.0. The van der Waals surface area contributed by atoms with Crippen LogP contribution >= 0.6 is 0 Å². The molecule has 2 aromatic rings. The highest BCUT2D eigenvalue weighted by molar-refractivity contribution is 5.96. The Morgan fingerprint density at radius 3 is 2.19 bits per heavy atom. The summed E-state index contributed by atoms with van der Waals surface area (Å²) in [4.78, 5) is 26.0. The van der Waals surface area contributed by atoms with Gasteiger partial charge in [0.15, 0.2) is 0 Å². The summed E-state index contributed by atoms with van der Waals surface area (Å²) in [5, 5.41) is 21.3. The number of nitrogens with zero attached hydrogens (tertiary/aromatic N) is 2. The molecule has 6 heteroatoms. The van der Waals surface area contributed by atoms with Crippen LogP contribution in [0.3, 0.4) is 0 Å². The maximum absolute atomic E-state index is 13.2. The van der Waals surface area contributed by atoms with Crippen LogP contribution in [-0.4, -0.2) is 41.0 Å². The number of carbonyl (C=O) groups excluding carboxylic acids is 1. The summed E-state index contributed by atoms with van der Waals surface area (Å²) in [7, 11) is 0. The summed E-state index contributed by atoms with van der Waals surface area (Å²) in [5.41, 5.74) is 2.19. The van der Waals surface area contributed by atoms with Gasteiger partial charge < -0.3 is 15.3 Å². The van der Waals surface area contributed by atoms with E-state index in [0.29, 0.717) is 17.7 Å². The molecule has 1 saturated heterocycles. The highest BCUT2D eigenvalue weighted by Gasteiger charge is 2.26. The number of carbonyl (C=O) groups is 2. The highest BCUT2D eigenvalue weighted by Crippen LogP contribution is 2.20. The first-order valence-electron chi connectivity index (χ1n) is 8.92. The van der Waals surface area contributed by atoms with E-state index in [0.717, 1.165) is 31.5 Å². The molecular weight excluding hydrogens is 342 g/mol. The lowest BCUT2D eigenvalue weighted by Gasteiger charge is -2.35. The van der Waals surface area contributed by atoms with Crippen LogP contribution in [0.15, 0.2) is 48.5 Å².